The third-order valence-corrected chi connectivity index (χ3v) is 2.51. The lowest BCUT2D eigenvalue weighted by atomic mass is 10.2. The summed E-state index contributed by atoms with van der Waals surface area (Å²) in [5.41, 5.74) is 0.838. The average molecular weight is 259 g/mol. The van der Waals surface area contributed by atoms with Crippen molar-refractivity contribution >= 4 is 11.6 Å². The third-order valence-electron chi connectivity index (χ3n) is 2.51. The Bertz CT molecular complexity index is 584. The smallest absolute Gasteiger partial charge is 0.259 e. The predicted octanol–water partition coefficient (Wildman–Crippen LogP) is 3.48. The maximum absolute atomic E-state index is 13.0. The maximum Gasteiger partial charge on any atom is 0.259 e. The highest BCUT2D eigenvalue weighted by molar-refractivity contribution is 6.06. The fraction of sp³-hybridized carbons (Fsp3) is 0.133. The van der Waals surface area contributed by atoms with Gasteiger partial charge in [0.05, 0.1) is 12.2 Å². The van der Waals surface area contributed by atoms with E-state index in [2.05, 4.69) is 5.32 Å². The van der Waals surface area contributed by atoms with E-state index in [-0.39, 0.29) is 5.91 Å². The molecular formula is C15H14FNO2. The lowest BCUT2D eigenvalue weighted by Crippen LogP contribution is -2.13. The molecule has 0 radical (unpaired) electrons. The first-order chi connectivity index (χ1) is 9.20. The molecule has 1 N–H and O–H groups in total. The van der Waals surface area contributed by atoms with Crippen molar-refractivity contribution in [3.8, 4) is 5.75 Å². The molecule has 0 spiro atoms. The Kier molecular flexibility index (Phi) is 4.13. The number of halogens is 1. The van der Waals surface area contributed by atoms with E-state index in [4.69, 9.17) is 4.74 Å². The predicted molar refractivity (Wildman–Crippen MR) is 72.0 cm³/mol. The molecule has 0 fully saturated rings. The fourth-order valence-electron chi connectivity index (χ4n) is 1.70. The molecule has 2 rings (SSSR count). The van der Waals surface area contributed by atoms with Crippen LogP contribution in [-0.2, 0) is 0 Å². The molecule has 0 aliphatic rings. The van der Waals surface area contributed by atoms with Gasteiger partial charge in [0.15, 0.2) is 0 Å². The van der Waals surface area contributed by atoms with E-state index in [1.54, 1.807) is 36.4 Å². The Morgan fingerprint density at radius 3 is 2.74 bits per heavy atom. The first kappa shape index (κ1) is 13.1. The monoisotopic (exact) mass is 259 g/mol. The molecule has 0 unspecified atom stereocenters. The van der Waals surface area contributed by atoms with Gasteiger partial charge in [0.2, 0.25) is 0 Å². The SMILES string of the molecule is CCOc1ccccc1C(=O)Nc1cccc(F)c1. The van der Waals surface area contributed by atoms with Gasteiger partial charge >= 0.3 is 0 Å². The second-order valence-electron chi connectivity index (χ2n) is 3.89. The Labute approximate surface area is 111 Å². The van der Waals surface area contributed by atoms with E-state index in [1.807, 2.05) is 6.92 Å². The quantitative estimate of drug-likeness (QED) is 0.912. The van der Waals surface area contributed by atoms with Crippen LogP contribution >= 0.6 is 0 Å². The van der Waals surface area contributed by atoms with Crippen molar-refractivity contribution < 1.29 is 13.9 Å². The highest BCUT2D eigenvalue weighted by Gasteiger charge is 2.12. The van der Waals surface area contributed by atoms with Crippen molar-refractivity contribution in [2.75, 3.05) is 11.9 Å². The highest BCUT2D eigenvalue weighted by Crippen LogP contribution is 2.19. The summed E-state index contributed by atoms with van der Waals surface area (Å²) in [4.78, 5) is 12.1. The van der Waals surface area contributed by atoms with Gasteiger partial charge in [0.25, 0.3) is 5.91 Å². The van der Waals surface area contributed by atoms with E-state index >= 15 is 0 Å². The second-order valence-corrected chi connectivity index (χ2v) is 3.89. The van der Waals surface area contributed by atoms with Crippen LogP contribution < -0.4 is 10.1 Å². The van der Waals surface area contributed by atoms with Gasteiger partial charge in [-0.1, -0.05) is 18.2 Å². The minimum Gasteiger partial charge on any atom is -0.493 e. The van der Waals surface area contributed by atoms with Gasteiger partial charge in [-0.2, -0.15) is 0 Å². The minimum absolute atomic E-state index is 0.324. The summed E-state index contributed by atoms with van der Waals surface area (Å²) < 4.78 is 18.4. The number of para-hydroxylation sites is 1. The summed E-state index contributed by atoms with van der Waals surface area (Å²) in [7, 11) is 0. The van der Waals surface area contributed by atoms with E-state index in [9.17, 15) is 9.18 Å². The van der Waals surface area contributed by atoms with E-state index in [0.29, 0.717) is 23.6 Å². The second kappa shape index (κ2) is 6.00. The van der Waals surface area contributed by atoms with Crippen LogP contribution in [0.15, 0.2) is 48.5 Å². The molecule has 19 heavy (non-hydrogen) atoms. The van der Waals surface area contributed by atoms with Crippen LogP contribution in [0.25, 0.3) is 0 Å². The van der Waals surface area contributed by atoms with Crippen LogP contribution in [-0.4, -0.2) is 12.5 Å². The Morgan fingerprint density at radius 1 is 1.21 bits per heavy atom. The van der Waals surface area contributed by atoms with Crippen molar-refractivity contribution in [1.29, 1.82) is 0 Å². The molecule has 0 heterocycles. The number of ether oxygens (including phenoxy) is 1. The van der Waals surface area contributed by atoms with Crippen LogP contribution in [0.3, 0.4) is 0 Å². The minimum atomic E-state index is -0.393. The van der Waals surface area contributed by atoms with Gasteiger partial charge in [-0.25, -0.2) is 4.39 Å². The number of hydrogen-bond donors (Lipinski definition) is 1. The Hall–Kier alpha value is -2.36. The normalized spacial score (nSPS) is 10.0. The number of amides is 1. The molecule has 3 nitrogen and oxygen atoms in total. The molecule has 0 bridgehead atoms. The highest BCUT2D eigenvalue weighted by atomic mass is 19.1. The molecule has 1 amide bonds. The van der Waals surface area contributed by atoms with Crippen molar-refractivity contribution in [1.82, 2.24) is 0 Å². The van der Waals surface area contributed by atoms with Gasteiger partial charge in [-0.3, -0.25) is 4.79 Å². The maximum atomic E-state index is 13.0. The number of hydrogen-bond acceptors (Lipinski definition) is 2. The molecule has 0 aliphatic heterocycles. The van der Waals surface area contributed by atoms with E-state index in [0.717, 1.165) is 0 Å². The van der Waals surface area contributed by atoms with Crippen molar-refractivity contribution in [3.05, 3.63) is 59.9 Å². The van der Waals surface area contributed by atoms with E-state index < -0.39 is 5.82 Å². The zero-order valence-corrected chi connectivity index (χ0v) is 10.5. The van der Waals surface area contributed by atoms with Gasteiger partial charge in [0, 0.05) is 5.69 Å². The fourth-order valence-corrected chi connectivity index (χ4v) is 1.70. The molecule has 0 aliphatic carbocycles. The van der Waals surface area contributed by atoms with Gasteiger partial charge in [-0.05, 0) is 37.3 Å². The summed E-state index contributed by atoms with van der Waals surface area (Å²) >= 11 is 0. The molecular weight excluding hydrogens is 245 g/mol. The number of benzene rings is 2. The van der Waals surface area contributed by atoms with Crippen LogP contribution in [0.4, 0.5) is 10.1 Å². The van der Waals surface area contributed by atoms with Gasteiger partial charge in [-0.15, -0.1) is 0 Å². The Balaban J connectivity index is 2.20. The number of anilines is 1. The Morgan fingerprint density at radius 2 is 2.00 bits per heavy atom. The van der Waals surface area contributed by atoms with Crippen molar-refractivity contribution in [2.24, 2.45) is 0 Å². The summed E-state index contributed by atoms with van der Waals surface area (Å²) in [6.07, 6.45) is 0. The lowest BCUT2D eigenvalue weighted by molar-refractivity contribution is 0.102. The zero-order chi connectivity index (χ0) is 13.7. The van der Waals surface area contributed by atoms with Crippen molar-refractivity contribution in [3.63, 3.8) is 0 Å². The standard InChI is InChI=1S/C15H14FNO2/c1-2-19-14-9-4-3-8-13(14)15(18)17-12-7-5-6-11(16)10-12/h3-10H,2H2,1H3,(H,17,18). The molecule has 98 valence electrons. The molecule has 0 aromatic heterocycles. The van der Waals surface area contributed by atoms with Gasteiger partial charge in [0.1, 0.15) is 11.6 Å². The zero-order valence-electron chi connectivity index (χ0n) is 10.5. The third kappa shape index (κ3) is 3.31. The number of carbonyl (C=O) groups is 1. The van der Waals surface area contributed by atoms with E-state index in [1.165, 1.54) is 12.1 Å². The van der Waals surface area contributed by atoms with Gasteiger partial charge < -0.3 is 10.1 Å². The first-order valence-corrected chi connectivity index (χ1v) is 5.99. The molecule has 4 heteroatoms. The van der Waals surface area contributed by atoms with Crippen LogP contribution in [0.5, 0.6) is 5.75 Å². The molecule has 0 saturated heterocycles. The molecule has 0 saturated carbocycles. The molecule has 2 aromatic carbocycles. The largest absolute Gasteiger partial charge is 0.493 e. The number of rotatable bonds is 4. The lowest BCUT2D eigenvalue weighted by Gasteiger charge is -2.10. The average Bonchev–Trinajstić information content (AvgIpc) is 2.39. The summed E-state index contributed by atoms with van der Waals surface area (Å²) in [6.45, 7) is 2.32. The summed E-state index contributed by atoms with van der Waals surface area (Å²) in [5, 5.41) is 2.64. The topological polar surface area (TPSA) is 38.3 Å². The van der Waals surface area contributed by atoms with Crippen molar-refractivity contribution in [2.45, 2.75) is 6.92 Å². The number of nitrogens with one attached hydrogen (secondary N) is 1. The van der Waals surface area contributed by atoms with Crippen LogP contribution in [0.1, 0.15) is 17.3 Å². The summed E-state index contributed by atoms with van der Waals surface area (Å²) in [6, 6.07) is 12.7. The first-order valence-electron chi connectivity index (χ1n) is 5.99. The number of carbonyl (C=O) groups excluding carboxylic acids is 1. The molecule has 2 aromatic rings. The molecule has 0 atom stereocenters. The van der Waals surface area contributed by atoms with Crippen LogP contribution in [0.2, 0.25) is 0 Å². The van der Waals surface area contributed by atoms with Crippen LogP contribution in [0, 0.1) is 5.82 Å². The summed E-state index contributed by atoms with van der Waals surface area (Å²) in [5.74, 6) is -0.204.